The molecule has 0 aliphatic rings. The second-order valence-corrected chi connectivity index (χ2v) is 4.06. The summed E-state index contributed by atoms with van der Waals surface area (Å²) >= 11 is 0. The average Bonchev–Trinajstić information content (AvgIpc) is 2.72. The molecule has 1 atom stereocenters. The normalized spacial score (nSPS) is 12.6. The first-order valence-corrected chi connectivity index (χ1v) is 5.93. The Kier molecular flexibility index (Phi) is 3.54. The van der Waals surface area contributed by atoms with Gasteiger partial charge in [0.2, 0.25) is 0 Å². The van der Waals surface area contributed by atoms with Crippen molar-refractivity contribution in [1.82, 2.24) is 20.1 Å². The predicted molar refractivity (Wildman–Crippen MR) is 68.2 cm³/mol. The summed E-state index contributed by atoms with van der Waals surface area (Å²) in [6, 6.07) is 6.15. The standard InChI is InChI=1S/C13H18N4/c1-4-14-10(2)12-9-16-17(11(12)3)13-7-5-6-8-15-13/h5-10,14H,4H2,1-3H3. The van der Waals surface area contributed by atoms with Crippen LogP contribution in [-0.4, -0.2) is 21.3 Å². The maximum absolute atomic E-state index is 4.40. The Morgan fingerprint density at radius 1 is 1.41 bits per heavy atom. The van der Waals surface area contributed by atoms with Crippen LogP contribution in [0.5, 0.6) is 0 Å². The fourth-order valence-electron chi connectivity index (χ4n) is 1.97. The Balaban J connectivity index is 2.33. The highest BCUT2D eigenvalue weighted by atomic mass is 15.3. The summed E-state index contributed by atoms with van der Waals surface area (Å²) in [6.07, 6.45) is 3.70. The third-order valence-corrected chi connectivity index (χ3v) is 2.89. The molecule has 0 aliphatic heterocycles. The van der Waals surface area contributed by atoms with Crippen molar-refractivity contribution in [1.29, 1.82) is 0 Å². The topological polar surface area (TPSA) is 42.7 Å². The summed E-state index contributed by atoms with van der Waals surface area (Å²) in [4.78, 5) is 4.31. The van der Waals surface area contributed by atoms with E-state index in [0.717, 1.165) is 18.1 Å². The molecule has 0 aliphatic carbocycles. The summed E-state index contributed by atoms with van der Waals surface area (Å²) in [5, 5.41) is 7.80. The van der Waals surface area contributed by atoms with Crippen LogP contribution in [0.3, 0.4) is 0 Å². The minimum atomic E-state index is 0.317. The van der Waals surface area contributed by atoms with Crippen molar-refractivity contribution in [3.05, 3.63) is 41.9 Å². The van der Waals surface area contributed by atoms with E-state index in [-0.39, 0.29) is 0 Å². The molecule has 0 amide bonds. The molecular formula is C13H18N4. The van der Waals surface area contributed by atoms with E-state index in [4.69, 9.17) is 0 Å². The lowest BCUT2D eigenvalue weighted by molar-refractivity contribution is 0.594. The SMILES string of the molecule is CCNC(C)c1cnn(-c2ccccn2)c1C. The largest absolute Gasteiger partial charge is 0.310 e. The minimum absolute atomic E-state index is 0.317. The number of nitrogens with zero attached hydrogens (tertiary/aromatic N) is 3. The van der Waals surface area contributed by atoms with Crippen LogP contribution in [0.2, 0.25) is 0 Å². The smallest absolute Gasteiger partial charge is 0.153 e. The molecule has 2 rings (SSSR count). The highest BCUT2D eigenvalue weighted by molar-refractivity contribution is 5.29. The third-order valence-electron chi connectivity index (χ3n) is 2.89. The molecule has 0 fully saturated rings. The Labute approximate surface area is 102 Å². The van der Waals surface area contributed by atoms with Crippen molar-refractivity contribution < 1.29 is 0 Å². The van der Waals surface area contributed by atoms with Gasteiger partial charge in [-0.05, 0) is 32.5 Å². The van der Waals surface area contributed by atoms with Gasteiger partial charge in [0.25, 0.3) is 0 Å². The molecular weight excluding hydrogens is 212 g/mol. The van der Waals surface area contributed by atoms with Gasteiger partial charge in [0, 0.05) is 23.5 Å². The van der Waals surface area contributed by atoms with Crippen molar-refractivity contribution >= 4 is 0 Å². The van der Waals surface area contributed by atoms with E-state index in [1.807, 2.05) is 29.1 Å². The Morgan fingerprint density at radius 2 is 2.24 bits per heavy atom. The molecule has 17 heavy (non-hydrogen) atoms. The van der Waals surface area contributed by atoms with Crippen molar-refractivity contribution in [2.24, 2.45) is 0 Å². The monoisotopic (exact) mass is 230 g/mol. The van der Waals surface area contributed by atoms with Crippen molar-refractivity contribution in [2.75, 3.05) is 6.54 Å². The van der Waals surface area contributed by atoms with E-state index in [1.54, 1.807) is 6.20 Å². The maximum Gasteiger partial charge on any atom is 0.153 e. The highest BCUT2D eigenvalue weighted by Crippen LogP contribution is 2.18. The molecule has 0 aromatic carbocycles. The lowest BCUT2D eigenvalue weighted by Crippen LogP contribution is -2.18. The maximum atomic E-state index is 4.40. The van der Waals surface area contributed by atoms with Crippen LogP contribution in [0.1, 0.15) is 31.1 Å². The molecule has 0 spiro atoms. The van der Waals surface area contributed by atoms with Gasteiger partial charge < -0.3 is 5.32 Å². The third kappa shape index (κ3) is 2.36. The molecule has 90 valence electrons. The minimum Gasteiger partial charge on any atom is -0.310 e. The number of aromatic nitrogens is 3. The predicted octanol–water partition coefficient (Wildman–Crippen LogP) is 2.25. The molecule has 0 saturated heterocycles. The van der Waals surface area contributed by atoms with Crippen LogP contribution >= 0.6 is 0 Å². The van der Waals surface area contributed by atoms with Gasteiger partial charge in [0.05, 0.1) is 6.20 Å². The molecule has 2 aromatic rings. The van der Waals surface area contributed by atoms with E-state index >= 15 is 0 Å². The lowest BCUT2D eigenvalue weighted by Gasteiger charge is -2.11. The second-order valence-electron chi connectivity index (χ2n) is 4.06. The van der Waals surface area contributed by atoms with E-state index in [0.29, 0.717) is 6.04 Å². The van der Waals surface area contributed by atoms with Gasteiger partial charge in [0.1, 0.15) is 0 Å². The molecule has 2 aromatic heterocycles. The quantitative estimate of drug-likeness (QED) is 0.876. The lowest BCUT2D eigenvalue weighted by atomic mass is 10.1. The zero-order chi connectivity index (χ0) is 12.3. The summed E-state index contributed by atoms with van der Waals surface area (Å²) in [6.45, 7) is 7.28. The van der Waals surface area contributed by atoms with Crippen LogP contribution < -0.4 is 5.32 Å². The molecule has 0 bridgehead atoms. The summed E-state index contributed by atoms with van der Waals surface area (Å²) in [5.41, 5.74) is 2.36. The first-order valence-electron chi connectivity index (χ1n) is 5.93. The fraction of sp³-hybridized carbons (Fsp3) is 0.385. The Bertz CT molecular complexity index is 475. The Hall–Kier alpha value is -1.68. The number of hydrogen-bond acceptors (Lipinski definition) is 3. The van der Waals surface area contributed by atoms with Gasteiger partial charge in [0.15, 0.2) is 5.82 Å². The molecule has 2 heterocycles. The van der Waals surface area contributed by atoms with Crippen LogP contribution in [-0.2, 0) is 0 Å². The molecule has 0 radical (unpaired) electrons. The van der Waals surface area contributed by atoms with E-state index in [9.17, 15) is 0 Å². The molecule has 0 saturated carbocycles. The first kappa shape index (κ1) is 11.8. The van der Waals surface area contributed by atoms with Gasteiger partial charge in [-0.3, -0.25) is 0 Å². The van der Waals surface area contributed by atoms with Gasteiger partial charge in [-0.15, -0.1) is 0 Å². The van der Waals surface area contributed by atoms with Crippen LogP contribution in [0.15, 0.2) is 30.6 Å². The molecule has 1 unspecified atom stereocenters. The number of nitrogens with one attached hydrogen (secondary N) is 1. The van der Waals surface area contributed by atoms with Crippen LogP contribution in [0.25, 0.3) is 5.82 Å². The number of rotatable bonds is 4. The first-order chi connectivity index (χ1) is 8.24. The highest BCUT2D eigenvalue weighted by Gasteiger charge is 2.13. The van der Waals surface area contributed by atoms with E-state index in [2.05, 4.69) is 36.2 Å². The van der Waals surface area contributed by atoms with Crippen LogP contribution in [0.4, 0.5) is 0 Å². The van der Waals surface area contributed by atoms with E-state index < -0.39 is 0 Å². The number of pyridine rings is 1. The summed E-state index contributed by atoms with van der Waals surface area (Å²) in [5.74, 6) is 0.861. The zero-order valence-electron chi connectivity index (χ0n) is 10.5. The van der Waals surface area contributed by atoms with Crippen LogP contribution in [0, 0.1) is 6.92 Å². The Morgan fingerprint density at radius 3 is 2.88 bits per heavy atom. The van der Waals surface area contributed by atoms with Gasteiger partial charge in [-0.1, -0.05) is 13.0 Å². The van der Waals surface area contributed by atoms with E-state index in [1.165, 1.54) is 5.56 Å². The second kappa shape index (κ2) is 5.10. The van der Waals surface area contributed by atoms with Gasteiger partial charge in [-0.2, -0.15) is 5.10 Å². The molecule has 4 nitrogen and oxygen atoms in total. The molecule has 4 heteroatoms. The zero-order valence-corrected chi connectivity index (χ0v) is 10.5. The van der Waals surface area contributed by atoms with Crippen molar-refractivity contribution in [3.8, 4) is 5.82 Å². The fourth-order valence-corrected chi connectivity index (χ4v) is 1.97. The molecule has 1 N–H and O–H groups in total. The van der Waals surface area contributed by atoms with Gasteiger partial charge >= 0.3 is 0 Å². The summed E-state index contributed by atoms with van der Waals surface area (Å²) < 4.78 is 1.88. The average molecular weight is 230 g/mol. The van der Waals surface area contributed by atoms with Gasteiger partial charge in [-0.25, -0.2) is 9.67 Å². The van der Waals surface area contributed by atoms with Crippen molar-refractivity contribution in [3.63, 3.8) is 0 Å². The van der Waals surface area contributed by atoms with Crippen molar-refractivity contribution in [2.45, 2.75) is 26.8 Å². The summed E-state index contributed by atoms with van der Waals surface area (Å²) in [7, 11) is 0. The number of hydrogen-bond donors (Lipinski definition) is 1.